The number of carbonyl (C=O) groups is 1. The van der Waals surface area contributed by atoms with Crippen molar-refractivity contribution >= 4 is 39.5 Å². The largest absolute Gasteiger partial charge is 0.312 e. The van der Waals surface area contributed by atoms with Crippen LogP contribution in [-0.2, 0) is 12.8 Å². The zero-order valence-corrected chi connectivity index (χ0v) is 15.6. The molecule has 8 heteroatoms. The van der Waals surface area contributed by atoms with Crippen LogP contribution in [0.25, 0.3) is 0 Å². The minimum absolute atomic E-state index is 0.121. The molecule has 0 spiro atoms. The van der Waals surface area contributed by atoms with Crippen LogP contribution in [0.1, 0.15) is 46.1 Å². The Hall–Kier alpha value is -2.43. The maximum atomic E-state index is 12.6. The number of amides is 1. The molecule has 0 bridgehead atoms. The normalized spacial score (nSPS) is 15.8. The predicted molar refractivity (Wildman–Crippen MR) is 101 cm³/mol. The van der Waals surface area contributed by atoms with Gasteiger partial charge in [0.1, 0.15) is 16.6 Å². The smallest absolute Gasteiger partial charge is 0.282 e. The lowest BCUT2D eigenvalue weighted by atomic mass is 9.86. The van der Waals surface area contributed by atoms with Crippen molar-refractivity contribution in [3.8, 4) is 6.07 Å². The molecular weight excluding hydrogens is 374 g/mol. The van der Waals surface area contributed by atoms with Gasteiger partial charge in [-0.2, -0.15) is 5.26 Å². The average Bonchev–Trinajstić information content (AvgIpc) is 2.97. The lowest BCUT2D eigenvalue weighted by molar-refractivity contribution is -0.385. The van der Waals surface area contributed by atoms with E-state index in [1.165, 1.54) is 29.5 Å². The average molecular weight is 390 g/mol. The van der Waals surface area contributed by atoms with E-state index >= 15 is 0 Å². The standard InChI is InChI=1S/C18H16ClN3O3S/c1-2-10-3-5-12-14(9-20)18(26-16(12)7-10)21-17(23)13-8-11(19)4-6-15(13)22(24)25/h4,6,8,10H,2-3,5,7H2,1H3,(H,21,23)/t10-/m0/s1. The summed E-state index contributed by atoms with van der Waals surface area (Å²) in [7, 11) is 0. The number of thiophene rings is 1. The highest BCUT2D eigenvalue weighted by Gasteiger charge is 2.27. The number of halogens is 1. The first-order valence-corrected chi connectivity index (χ1v) is 9.44. The highest BCUT2D eigenvalue weighted by molar-refractivity contribution is 7.16. The Morgan fingerprint density at radius 3 is 2.96 bits per heavy atom. The first kappa shape index (κ1) is 18.4. The maximum absolute atomic E-state index is 12.6. The van der Waals surface area contributed by atoms with Crippen LogP contribution in [0, 0.1) is 27.4 Å². The molecule has 0 radical (unpaired) electrons. The summed E-state index contributed by atoms with van der Waals surface area (Å²) in [5, 5.41) is 24.1. The van der Waals surface area contributed by atoms with Gasteiger partial charge < -0.3 is 5.32 Å². The number of nitro groups is 1. The summed E-state index contributed by atoms with van der Waals surface area (Å²) in [6.07, 6.45) is 3.83. The molecular formula is C18H16ClN3O3S. The van der Waals surface area contributed by atoms with Crippen LogP contribution < -0.4 is 5.32 Å². The van der Waals surface area contributed by atoms with E-state index in [1.807, 2.05) is 0 Å². The first-order chi connectivity index (χ1) is 12.4. The molecule has 1 heterocycles. The zero-order chi connectivity index (χ0) is 18.8. The molecule has 1 aliphatic carbocycles. The van der Waals surface area contributed by atoms with E-state index in [1.54, 1.807) is 0 Å². The summed E-state index contributed by atoms with van der Waals surface area (Å²) in [4.78, 5) is 24.3. The number of fused-ring (bicyclic) bond motifs is 1. The van der Waals surface area contributed by atoms with Gasteiger partial charge in [-0.15, -0.1) is 11.3 Å². The fourth-order valence-electron chi connectivity index (χ4n) is 3.23. The molecule has 0 fully saturated rings. The number of anilines is 1. The Morgan fingerprint density at radius 2 is 2.31 bits per heavy atom. The van der Waals surface area contributed by atoms with Crippen molar-refractivity contribution < 1.29 is 9.72 Å². The van der Waals surface area contributed by atoms with Gasteiger partial charge in [0, 0.05) is 16.0 Å². The van der Waals surface area contributed by atoms with Gasteiger partial charge in [-0.1, -0.05) is 24.9 Å². The summed E-state index contributed by atoms with van der Waals surface area (Å²) in [5.41, 5.74) is 1.03. The van der Waals surface area contributed by atoms with Crippen LogP contribution in [0.2, 0.25) is 5.02 Å². The molecule has 1 N–H and O–H groups in total. The number of nitrogens with one attached hydrogen (secondary N) is 1. The van der Waals surface area contributed by atoms with E-state index in [0.717, 1.165) is 36.1 Å². The maximum Gasteiger partial charge on any atom is 0.282 e. The van der Waals surface area contributed by atoms with Crippen molar-refractivity contribution in [3.63, 3.8) is 0 Å². The van der Waals surface area contributed by atoms with E-state index in [9.17, 15) is 20.2 Å². The number of nitrogens with zero attached hydrogens (tertiary/aromatic N) is 2. The molecule has 0 saturated heterocycles. The second kappa shape index (κ2) is 7.44. The number of rotatable bonds is 4. The zero-order valence-electron chi connectivity index (χ0n) is 14.0. The van der Waals surface area contributed by atoms with Gasteiger partial charge >= 0.3 is 0 Å². The summed E-state index contributed by atoms with van der Waals surface area (Å²) >= 11 is 7.28. The van der Waals surface area contributed by atoms with Crippen LogP contribution in [-0.4, -0.2) is 10.8 Å². The molecule has 0 saturated carbocycles. The molecule has 1 atom stereocenters. The molecule has 1 aromatic heterocycles. The third-order valence-electron chi connectivity index (χ3n) is 4.68. The van der Waals surface area contributed by atoms with Gasteiger partial charge in [-0.05, 0) is 42.9 Å². The van der Waals surface area contributed by atoms with E-state index < -0.39 is 10.8 Å². The van der Waals surface area contributed by atoms with Gasteiger partial charge in [0.2, 0.25) is 0 Å². The molecule has 1 aromatic carbocycles. The minimum Gasteiger partial charge on any atom is -0.312 e. The summed E-state index contributed by atoms with van der Waals surface area (Å²) in [6.45, 7) is 2.15. The number of hydrogen-bond donors (Lipinski definition) is 1. The lowest BCUT2D eigenvalue weighted by Crippen LogP contribution is -2.14. The van der Waals surface area contributed by atoms with Gasteiger partial charge in [-0.3, -0.25) is 14.9 Å². The number of benzene rings is 1. The summed E-state index contributed by atoms with van der Waals surface area (Å²) < 4.78 is 0. The SMILES string of the molecule is CC[C@H]1CCc2c(sc(NC(=O)c3cc(Cl)ccc3[N+](=O)[O-])c2C#N)C1. The molecule has 3 rings (SSSR count). The minimum atomic E-state index is -0.638. The molecule has 26 heavy (non-hydrogen) atoms. The second-order valence-electron chi connectivity index (χ2n) is 6.21. The molecule has 0 aliphatic heterocycles. The Morgan fingerprint density at radius 1 is 1.54 bits per heavy atom. The first-order valence-electron chi connectivity index (χ1n) is 8.24. The lowest BCUT2D eigenvalue weighted by Gasteiger charge is -2.20. The Bertz CT molecular complexity index is 932. The van der Waals surface area contributed by atoms with Crippen molar-refractivity contribution in [1.82, 2.24) is 0 Å². The van der Waals surface area contributed by atoms with Gasteiger partial charge in [0.15, 0.2) is 0 Å². The van der Waals surface area contributed by atoms with Crippen molar-refractivity contribution in [2.45, 2.75) is 32.6 Å². The van der Waals surface area contributed by atoms with Gasteiger partial charge in [0.05, 0.1) is 10.5 Å². The van der Waals surface area contributed by atoms with Crippen LogP contribution in [0.5, 0.6) is 0 Å². The quantitative estimate of drug-likeness (QED) is 0.591. The highest BCUT2D eigenvalue weighted by Crippen LogP contribution is 2.40. The van der Waals surface area contributed by atoms with Crippen molar-refractivity contribution in [2.24, 2.45) is 5.92 Å². The van der Waals surface area contributed by atoms with E-state index in [2.05, 4.69) is 18.3 Å². The van der Waals surface area contributed by atoms with Crippen molar-refractivity contribution in [2.75, 3.05) is 5.32 Å². The van der Waals surface area contributed by atoms with Gasteiger partial charge in [0.25, 0.3) is 11.6 Å². The summed E-state index contributed by atoms with van der Waals surface area (Å²) in [5.74, 6) is -0.0494. The number of nitriles is 1. The van der Waals surface area contributed by atoms with E-state index in [-0.39, 0.29) is 16.3 Å². The van der Waals surface area contributed by atoms with Crippen LogP contribution >= 0.6 is 22.9 Å². The second-order valence-corrected chi connectivity index (χ2v) is 7.75. The Labute approximate surface area is 159 Å². The Kier molecular flexibility index (Phi) is 5.25. The summed E-state index contributed by atoms with van der Waals surface area (Å²) in [6, 6.07) is 6.01. The monoisotopic (exact) mass is 389 g/mol. The number of carbonyl (C=O) groups excluding carboxylic acids is 1. The molecule has 2 aromatic rings. The third-order valence-corrected chi connectivity index (χ3v) is 6.09. The molecule has 0 unspecified atom stereocenters. The number of nitro benzene ring substituents is 1. The van der Waals surface area contributed by atoms with Crippen LogP contribution in [0.3, 0.4) is 0 Å². The van der Waals surface area contributed by atoms with Crippen LogP contribution in [0.15, 0.2) is 18.2 Å². The molecule has 6 nitrogen and oxygen atoms in total. The van der Waals surface area contributed by atoms with Crippen molar-refractivity contribution in [3.05, 3.63) is 54.9 Å². The van der Waals surface area contributed by atoms with Crippen LogP contribution in [0.4, 0.5) is 10.7 Å². The van der Waals surface area contributed by atoms with Gasteiger partial charge in [-0.25, -0.2) is 0 Å². The molecule has 1 aliphatic rings. The number of hydrogen-bond acceptors (Lipinski definition) is 5. The molecule has 1 amide bonds. The third kappa shape index (κ3) is 3.43. The highest BCUT2D eigenvalue weighted by atomic mass is 35.5. The van der Waals surface area contributed by atoms with Crippen molar-refractivity contribution in [1.29, 1.82) is 5.26 Å². The van der Waals surface area contributed by atoms with E-state index in [0.29, 0.717) is 16.5 Å². The van der Waals surface area contributed by atoms with E-state index in [4.69, 9.17) is 11.6 Å². The molecule has 134 valence electrons. The predicted octanol–water partition coefficient (Wildman–Crippen LogP) is 4.95. The fourth-order valence-corrected chi connectivity index (χ4v) is 4.71. The fraction of sp³-hybridized carbons (Fsp3) is 0.333. The Balaban J connectivity index is 1.94. The topological polar surface area (TPSA) is 96.0 Å².